The summed E-state index contributed by atoms with van der Waals surface area (Å²) in [4.78, 5) is 2.16. The van der Waals surface area contributed by atoms with E-state index in [0.29, 0.717) is 6.54 Å². The lowest BCUT2D eigenvalue weighted by Crippen LogP contribution is -2.38. The monoisotopic (exact) mass is 232 g/mol. The standard InChI is InChI=1S/C14H17FN2/c1-11-5-6-13(15)8-12(11)10-17-7-3-2-4-14(17)9-16/h5-6,8,14H,2-4,7,10H2,1H3. The number of halogens is 1. The van der Waals surface area contributed by atoms with Crippen molar-refractivity contribution in [2.75, 3.05) is 6.54 Å². The summed E-state index contributed by atoms with van der Waals surface area (Å²) in [5.74, 6) is -0.198. The van der Waals surface area contributed by atoms with E-state index in [4.69, 9.17) is 5.26 Å². The quantitative estimate of drug-likeness (QED) is 0.783. The Bertz CT molecular complexity index is 436. The maximum atomic E-state index is 13.2. The third-order valence-electron chi connectivity index (χ3n) is 3.45. The Morgan fingerprint density at radius 1 is 1.47 bits per heavy atom. The zero-order chi connectivity index (χ0) is 12.3. The van der Waals surface area contributed by atoms with Gasteiger partial charge in [-0.25, -0.2) is 4.39 Å². The second kappa shape index (κ2) is 5.29. The number of rotatable bonds is 2. The predicted molar refractivity (Wildman–Crippen MR) is 64.8 cm³/mol. The van der Waals surface area contributed by atoms with Crippen LogP contribution in [-0.4, -0.2) is 17.5 Å². The van der Waals surface area contributed by atoms with Gasteiger partial charge in [-0.2, -0.15) is 5.26 Å². The fraction of sp³-hybridized carbons (Fsp3) is 0.500. The molecule has 3 heteroatoms. The average Bonchev–Trinajstić information content (AvgIpc) is 2.34. The van der Waals surface area contributed by atoms with Crippen LogP contribution < -0.4 is 0 Å². The van der Waals surface area contributed by atoms with Crippen molar-refractivity contribution in [3.63, 3.8) is 0 Å². The summed E-state index contributed by atoms with van der Waals surface area (Å²) in [6.45, 7) is 3.61. The molecule has 1 aromatic rings. The molecule has 0 aromatic heterocycles. The van der Waals surface area contributed by atoms with Gasteiger partial charge in [0.25, 0.3) is 0 Å². The van der Waals surface area contributed by atoms with E-state index in [0.717, 1.165) is 36.9 Å². The molecule has 1 aliphatic heterocycles. The van der Waals surface area contributed by atoms with Crippen molar-refractivity contribution in [2.45, 2.75) is 38.8 Å². The Morgan fingerprint density at radius 3 is 3.06 bits per heavy atom. The summed E-state index contributed by atoms with van der Waals surface area (Å²) in [5, 5.41) is 9.10. The zero-order valence-electron chi connectivity index (χ0n) is 10.1. The molecule has 1 aromatic carbocycles. The van der Waals surface area contributed by atoms with Crippen LogP contribution in [0, 0.1) is 24.1 Å². The average molecular weight is 232 g/mol. The zero-order valence-corrected chi connectivity index (χ0v) is 10.1. The van der Waals surface area contributed by atoms with Crippen molar-refractivity contribution in [3.8, 4) is 6.07 Å². The fourth-order valence-electron chi connectivity index (χ4n) is 2.36. The molecule has 1 fully saturated rings. The molecule has 0 aliphatic carbocycles. The third kappa shape index (κ3) is 2.83. The molecule has 2 rings (SSSR count). The van der Waals surface area contributed by atoms with E-state index in [-0.39, 0.29) is 11.9 Å². The molecule has 0 saturated carbocycles. The maximum absolute atomic E-state index is 13.2. The van der Waals surface area contributed by atoms with Crippen molar-refractivity contribution >= 4 is 0 Å². The van der Waals surface area contributed by atoms with Crippen molar-refractivity contribution in [1.29, 1.82) is 5.26 Å². The van der Waals surface area contributed by atoms with Crippen molar-refractivity contribution in [3.05, 3.63) is 35.1 Å². The second-order valence-electron chi connectivity index (χ2n) is 4.68. The highest BCUT2D eigenvalue weighted by Crippen LogP contribution is 2.21. The number of hydrogen-bond acceptors (Lipinski definition) is 2. The van der Waals surface area contributed by atoms with Crippen LogP contribution in [0.25, 0.3) is 0 Å². The normalized spacial score (nSPS) is 21.1. The van der Waals surface area contributed by atoms with Gasteiger partial charge in [0, 0.05) is 6.54 Å². The van der Waals surface area contributed by atoms with Crippen LogP contribution in [0.2, 0.25) is 0 Å². The molecule has 90 valence electrons. The van der Waals surface area contributed by atoms with E-state index in [2.05, 4.69) is 11.0 Å². The van der Waals surface area contributed by atoms with E-state index >= 15 is 0 Å². The molecule has 0 N–H and O–H groups in total. The molecule has 0 spiro atoms. The first kappa shape index (κ1) is 12.1. The summed E-state index contributed by atoms with van der Waals surface area (Å²) >= 11 is 0. The number of likely N-dealkylation sites (tertiary alicyclic amines) is 1. The smallest absolute Gasteiger partial charge is 0.123 e. The summed E-state index contributed by atoms with van der Waals surface area (Å²) in [5.41, 5.74) is 2.08. The van der Waals surface area contributed by atoms with Gasteiger partial charge in [-0.1, -0.05) is 6.07 Å². The minimum absolute atomic E-state index is 0.00795. The fourth-order valence-corrected chi connectivity index (χ4v) is 2.36. The van der Waals surface area contributed by atoms with Crippen molar-refractivity contribution < 1.29 is 4.39 Å². The molecule has 0 amide bonds. The van der Waals surface area contributed by atoms with Gasteiger partial charge in [0.1, 0.15) is 5.82 Å². The van der Waals surface area contributed by atoms with Gasteiger partial charge in [-0.05, 0) is 56.0 Å². The minimum Gasteiger partial charge on any atom is -0.284 e. The van der Waals surface area contributed by atoms with E-state index in [1.807, 2.05) is 6.92 Å². The molecule has 1 aliphatic rings. The van der Waals surface area contributed by atoms with E-state index in [9.17, 15) is 4.39 Å². The summed E-state index contributed by atoms with van der Waals surface area (Å²) in [6, 6.07) is 7.20. The molecular formula is C14H17FN2. The lowest BCUT2D eigenvalue weighted by atomic mass is 10.0. The van der Waals surface area contributed by atoms with Crippen LogP contribution in [-0.2, 0) is 6.54 Å². The van der Waals surface area contributed by atoms with Gasteiger partial charge < -0.3 is 0 Å². The SMILES string of the molecule is Cc1ccc(F)cc1CN1CCCCC1C#N. The Hall–Kier alpha value is -1.40. The van der Waals surface area contributed by atoms with Gasteiger partial charge in [0.2, 0.25) is 0 Å². The highest BCUT2D eigenvalue weighted by molar-refractivity contribution is 5.26. The highest BCUT2D eigenvalue weighted by Gasteiger charge is 2.22. The van der Waals surface area contributed by atoms with Gasteiger partial charge >= 0.3 is 0 Å². The third-order valence-corrected chi connectivity index (χ3v) is 3.45. The number of aryl methyl sites for hydroxylation is 1. The Balaban J connectivity index is 2.14. The molecule has 1 atom stereocenters. The number of nitriles is 1. The van der Waals surface area contributed by atoms with Crippen molar-refractivity contribution in [2.24, 2.45) is 0 Å². The predicted octanol–water partition coefficient (Wildman–Crippen LogP) is 3.01. The molecule has 1 unspecified atom stereocenters. The van der Waals surface area contributed by atoms with Gasteiger partial charge in [0.15, 0.2) is 0 Å². The van der Waals surface area contributed by atoms with Crippen molar-refractivity contribution in [1.82, 2.24) is 4.90 Å². The number of hydrogen-bond donors (Lipinski definition) is 0. The van der Waals surface area contributed by atoms with Crippen LogP contribution in [0.1, 0.15) is 30.4 Å². The molecule has 0 radical (unpaired) electrons. The largest absolute Gasteiger partial charge is 0.284 e. The van der Waals surface area contributed by atoms with Crippen LogP contribution in [0.5, 0.6) is 0 Å². The number of benzene rings is 1. The molecule has 17 heavy (non-hydrogen) atoms. The second-order valence-corrected chi connectivity index (χ2v) is 4.68. The minimum atomic E-state index is -0.198. The molecule has 0 bridgehead atoms. The molecule has 1 heterocycles. The van der Waals surface area contributed by atoms with E-state index < -0.39 is 0 Å². The summed E-state index contributed by atoms with van der Waals surface area (Å²) < 4.78 is 13.2. The van der Waals surface area contributed by atoms with Gasteiger partial charge in [-0.3, -0.25) is 4.90 Å². The maximum Gasteiger partial charge on any atom is 0.123 e. The lowest BCUT2D eigenvalue weighted by molar-refractivity contribution is 0.176. The van der Waals surface area contributed by atoms with Gasteiger partial charge in [-0.15, -0.1) is 0 Å². The topological polar surface area (TPSA) is 27.0 Å². The number of nitrogens with zero attached hydrogens (tertiary/aromatic N) is 2. The van der Waals surface area contributed by atoms with Crippen LogP contribution >= 0.6 is 0 Å². The van der Waals surface area contributed by atoms with E-state index in [1.54, 1.807) is 12.1 Å². The van der Waals surface area contributed by atoms with Crippen LogP contribution in [0.15, 0.2) is 18.2 Å². The Morgan fingerprint density at radius 2 is 2.29 bits per heavy atom. The molecule has 1 saturated heterocycles. The van der Waals surface area contributed by atoms with Crippen LogP contribution in [0.4, 0.5) is 4.39 Å². The lowest BCUT2D eigenvalue weighted by Gasteiger charge is -2.31. The van der Waals surface area contributed by atoms with Crippen LogP contribution in [0.3, 0.4) is 0 Å². The first-order chi connectivity index (χ1) is 8.20. The summed E-state index contributed by atoms with van der Waals surface area (Å²) in [6.07, 6.45) is 3.19. The first-order valence-corrected chi connectivity index (χ1v) is 6.09. The van der Waals surface area contributed by atoms with E-state index in [1.165, 1.54) is 6.07 Å². The number of piperidine rings is 1. The Kier molecular flexibility index (Phi) is 3.75. The first-order valence-electron chi connectivity index (χ1n) is 6.09. The molecular weight excluding hydrogens is 215 g/mol. The Labute approximate surface area is 102 Å². The summed E-state index contributed by atoms with van der Waals surface area (Å²) in [7, 11) is 0. The van der Waals surface area contributed by atoms with Gasteiger partial charge in [0.05, 0.1) is 12.1 Å². The highest BCUT2D eigenvalue weighted by atomic mass is 19.1. The molecule has 2 nitrogen and oxygen atoms in total.